The van der Waals surface area contributed by atoms with Crippen molar-refractivity contribution in [3.8, 4) is 0 Å². The van der Waals surface area contributed by atoms with Crippen molar-refractivity contribution in [2.45, 2.75) is 38.4 Å². The van der Waals surface area contributed by atoms with Crippen molar-refractivity contribution in [2.75, 3.05) is 0 Å². The third kappa shape index (κ3) is 3.57. The van der Waals surface area contributed by atoms with E-state index in [4.69, 9.17) is 0 Å². The van der Waals surface area contributed by atoms with Crippen molar-refractivity contribution >= 4 is 22.0 Å². The Morgan fingerprint density at radius 2 is 1.90 bits per heavy atom. The molecular weight excluding hydrogens is 204 g/mol. The monoisotopic (exact) mass is 220 g/mol. The first-order chi connectivity index (χ1) is 4.68. The highest BCUT2D eigenvalue weighted by atomic mass is 79.9. The molecule has 0 aliphatic heterocycles. The van der Waals surface area contributed by atoms with Crippen molar-refractivity contribution in [3.63, 3.8) is 0 Å². The average molecular weight is 221 g/mol. The summed E-state index contributed by atoms with van der Waals surface area (Å²) in [6.07, 6.45) is 3.20. The Bertz CT molecular complexity index is 97.4. The van der Waals surface area contributed by atoms with Gasteiger partial charge in [0, 0.05) is 0 Å². The molecule has 0 aromatic carbocycles. The lowest BCUT2D eigenvalue weighted by atomic mass is 10.5. The van der Waals surface area contributed by atoms with Gasteiger partial charge in [-0.3, -0.25) is 0 Å². The van der Waals surface area contributed by atoms with Crippen LogP contribution in [0, 0.1) is 0 Å². The molecule has 0 rings (SSSR count). The van der Waals surface area contributed by atoms with Crippen LogP contribution in [0.15, 0.2) is 12.7 Å². The molecule has 0 bridgehead atoms. The second-order valence-corrected chi connectivity index (χ2v) is 11.9. The number of hydrogen-bond acceptors (Lipinski definition) is 0. The minimum absolute atomic E-state index is 0.977. The van der Waals surface area contributed by atoms with E-state index in [1.807, 2.05) is 6.08 Å². The largest absolute Gasteiger partial charge is 0.130 e. The lowest BCUT2D eigenvalue weighted by Gasteiger charge is -2.20. The Balaban J connectivity index is 3.68. The first kappa shape index (κ1) is 10.4. The van der Waals surface area contributed by atoms with Crippen LogP contribution in [0.1, 0.15) is 20.3 Å². The Hall–Kier alpha value is 0.437. The van der Waals surface area contributed by atoms with Crippen LogP contribution in [-0.2, 0) is 0 Å². The highest BCUT2D eigenvalue weighted by molar-refractivity contribution is 9.26. The molecule has 0 heterocycles. The molecule has 0 atom stereocenters. The van der Waals surface area contributed by atoms with Crippen LogP contribution in [-0.4, -0.2) is 6.69 Å². The van der Waals surface area contributed by atoms with Gasteiger partial charge in [-0.2, -0.15) is 0 Å². The summed E-state index contributed by atoms with van der Waals surface area (Å²) in [6.45, 7) is 7.33. The molecule has 0 radical (unpaired) electrons. The zero-order valence-electron chi connectivity index (χ0n) is 6.99. The molecule has 0 saturated heterocycles. The van der Waals surface area contributed by atoms with E-state index in [0.717, 1.165) is 0 Å². The summed E-state index contributed by atoms with van der Waals surface area (Å²) in [5, 5.41) is 0. The van der Waals surface area contributed by atoms with Gasteiger partial charge in [-0.15, -0.1) is 21.9 Å². The number of rotatable bonds is 5. The van der Waals surface area contributed by atoms with Gasteiger partial charge >= 0.3 is 0 Å². The lowest BCUT2D eigenvalue weighted by molar-refractivity contribution is 1.13. The van der Waals surface area contributed by atoms with Gasteiger partial charge in [-0.1, -0.05) is 32.0 Å². The SMILES string of the molecule is C=CCC[Si](Br)(CC)CC. The molecule has 0 fully saturated rings. The molecule has 0 aromatic heterocycles. The van der Waals surface area contributed by atoms with E-state index in [1.165, 1.54) is 24.6 Å². The second-order valence-electron chi connectivity index (χ2n) is 2.69. The minimum Gasteiger partial charge on any atom is -0.126 e. The number of hydrogen-bond donors (Lipinski definition) is 0. The predicted octanol–water partition coefficient (Wildman–Crippen LogP) is 3.94. The van der Waals surface area contributed by atoms with Crippen LogP contribution >= 0.6 is 15.3 Å². The van der Waals surface area contributed by atoms with Crippen LogP contribution in [0.25, 0.3) is 0 Å². The van der Waals surface area contributed by atoms with Crippen molar-refractivity contribution in [2.24, 2.45) is 0 Å². The molecular formula is C8H17BrSi. The highest BCUT2D eigenvalue weighted by Crippen LogP contribution is 2.28. The molecule has 60 valence electrons. The summed E-state index contributed by atoms with van der Waals surface area (Å²) >= 11 is 3.88. The van der Waals surface area contributed by atoms with Gasteiger partial charge in [0.15, 0.2) is 0 Å². The summed E-state index contributed by atoms with van der Waals surface area (Å²) in [4.78, 5) is 0. The molecule has 0 aromatic rings. The lowest BCUT2D eigenvalue weighted by Crippen LogP contribution is -2.22. The maximum Gasteiger partial charge on any atom is 0.130 e. The standard InChI is InChI=1S/C8H17BrSi/c1-4-7-8-10(9,5-2)6-3/h4H,1,5-8H2,2-3H3. The van der Waals surface area contributed by atoms with E-state index in [1.54, 1.807) is 0 Å². The zero-order chi connectivity index (χ0) is 8.04. The van der Waals surface area contributed by atoms with Gasteiger partial charge in [-0.25, -0.2) is 0 Å². The summed E-state index contributed by atoms with van der Waals surface area (Å²) in [5.41, 5.74) is 0. The second kappa shape index (κ2) is 5.14. The smallest absolute Gasteiger partial charge is 0.126 e. The Morgan fingerprint density at radius 3 is 2.20 bits per heavy atom. The fourth-order valence-corrected chi connectivity index (χ4v) is 3.58. The average Bonchev–Trinajstić information content (AvgIpc) is 2.00. The maximum absolute atomic E-state index is 3.88. The summed E-state index contributed by atoms with van der Waals surface area (Å²) in [6, 6.07) is 4.04. The molecule has 10 heavy (non-hydrogen) atoms. The molecule has 0 N–H and O–H groups in total. The van der Waals surface area contributed by atoms with Crippen LogP contribution in [0.3, 0.4) is 0 Å². The summed E-state index contributed by atoms with van der Waals surface area (Å²) in [5.74, 6) is 0. The Labute approximate surface area is 73.3 Å². The minimum atomic E-state index is -0.977. The summed E-state index contributed by atoms with van der Waals surface area (Å²) < 4.78 is 0. The van der Waals surface area contributed by atoms with Crippen molar-refractivity contribution in [1.82, 2.24) is 0 Å². The van der Waals surface area contributed by atoms with E-state index in [9.17, 15) is 0 Å². The first-order valence-corrected chi connectivity index (χ1v) is 8.86. The van der Waals surface area contributed by atoms with Crippen molar-refractivity contribution in [3.05, 3.63) is 12.7 Å². The number of allylic oxidation sites excluding steroid dienone is 1. The first-order valence-electron chi connectivity index (χ1n) is 3.98. The molecule has 2 heteroatoms. The molecule has 0 nitrogen and oxygen atoms in total. The maximum atomic E-state index is 3.88. The Kier molecular flexibility index (Phi) is 5.36. The van der Waals surface area contributed by atoms with Gasteiger partial charge in [0.1, 0.15) is 6.69 Å². The van der Waals surface area contributed by atoms with Crippen LogP contribution in [0.2, 0.25) is 18.1 Å². The van der Waals surface area contributed by atoms with Crippen molar-refractivity contribution < 1.29 is 0 Å². The van der Waals surface area contributed by atoms with Crippen LogP contribution in [0.4, 0.5) is 0 Å². The van der Waals surface area contributed by atoms with E-state index in [0.29, 0.717) is 0 Å². The van der Waals surface area contributed by atoms with E-state index in [-0.39, 0.29) is 0 Å². The van der Waals surface area contributed by atoms with Gasteiger partial charge in [-0.05, 0) is 12.5 Å². The molecule has 0 saturated carbocycles. The topological polar surface area (TPSA) is 0 Å². The molecule has 0 aliphatic rings. The van der Waals surface area contributed by atoms with Crippen LogP contribution < -0.4 is 0 Å². The van der Waals surface area contributed by atoms with Crippen LogP contribution in [0.5, 0.6) is 0 Å². The van der Waals surface area contributed by atoms with Crippen molar-refractivity contribution in [1.29, 1.82) is 0 Å². The molecule has 0 amide bonds. The fourth-order valence-electron chi connectivity index (χ4n) is 0.964. The van der Waals surface area contributed by atoms with E-state index < -0.39 is 6.69 Å². The van der Waals surface area contributed by atoms with Gasteiger partial charge in [0.2, 0.25) is 0 Å². The third-order valence-corrected chi connectivity index (χ3v) is 10.3. The molecule has 0 spiro atoms. The molecule has 0 aliphatic carbocycles. The van der Waals surface area contributed by atoms with E-state index >= 15 is 0 Å². The third-order valence-electron chi connectivity index (χ3n) is 2.06. The normalized spacial score (nSPS) is 11.5. The fraction of sp³-hybridized carbons (Fsp3) is 0.750. The van der Waals surface area contributed by atoms with E-state index in [2.05, 4.69) is 35.7 Å². The summed E-state index contributed by atoms with van der Waals surface area (Å²) in [7, 11) is 0. The van der Waals surface area contributed by atoms with Gasteiger partial charge < -0.3 is 0 Å². The molecule has 0 unspecified atom stereocenters. The Morgan fingerprint density at radius 1 is 1.40 bits per heavy atom. The predicted molar refractivity (Wildman–Crippen MR) is 55.3 cm³/mol. The number of halogens is 1. The highest BCUT2D eigenvalue weighted by Gasteiger charge is 2.23. The van der Waals surface area contributed by atoms with Gasteiger partial charge in [0.25, 0.3) is 0 Å². The quantitative estimate of drug-likeness (QED) is 0.374. The van der Waals surface area contributed by atoms with Gasteiger partial charge in [0.05, 0.1) is 0 Å². The zero-order valence-corrected chi connectivity index (χ0v) is 9.58.